The van der Waals surface area contributed by atoms with E-state index in [1.54, 1.807) is 6.20 Å². The lowest BCUT2D eigenvalue weighted by molar-refractivity contribution is -0.895. The number of fused-ring (bicyclic) bond motifs is 3. The third kappa shape index (κ3) is 3.75. The monoisotopic (exact) mass is 336 g/mol. The van der Waals surface area contributed by atoms with Gasteiger partial charge in [0.15, 0.2) is 0 Å². The van der Waals surface area contributed by atoms with Gasteiger partial charge >= 0.3 is 0 Å². The Balaban J connectivity index is 0.00000192. The molecule has 126 valence electrons. The normalized spacial score (nSPS) is 17.1. The number of carbonyl (C=O) groups excluding carboxylic acids is 1. The van der Waals surface area contributed by atoms with Gasteiger partial charge in [0.25, 0.3) is 0 Å². The Morgan fingerprint density at radius 2 is 2.17 bits per heavy atom. The number of nitrogens with one attached hydrogen (secondary N) is 1. The lowest BCUT2D eigenvalue weighted by Crippen LogP contribution is -3.11. The van der Waals surface area contributed by atoms with Gasteiger partial charge in [-0.2, -0.15) is 0 Å². The van der Waals surface area contributed by atoms with E-state index in [4.69, 9.17) is 4.42 Å². The first kappa shape index (κ1) is 18.0. The van der Waals surface area contributed by atoms with Gasteiger partial charge in [-0.1, -0.05) is 0 Å². The largest absolute Gasteiger partial charge is 1.00 e. The summed E-state index contributed by atoms with van der Waals surface area (Å²) in [7, 11) is 0. The molecule has 0 fully saturated rings. The van der Waals surface area contributed by atoms with Crippen molar-refractivity contribution in [3.05, 3.63) is 29.8 Å². The maximum atomic E-state index is 12.5. The van der Waals surface area contributed by atoms with Crippen LogP contribution < -0.4 is 17.3 Å². The van der Waals surface area contributed by atoms with Crippen LogP contribution in [0.4, 0.5) is 0 Å². The van der Waals surface area contributed by atoms with Crippen LogP contribution in [0.2, 0.25) is 0 Å². The fourth-order valence-electron chi connectivity index (χ4n) is 3.50. The Morgan fingerprint density at radius 3 is 2.91 bits per heavy atom. The second kappa shape index (κ2) is 7.93. The van der Waals surface area contributed by atoms with Crippen molar-refractivity contribution in [1.29, 1.82) is 0 Å². The minimum atomic E-state index is 0. The van der Waals surface area contributed by atoms with Gasteiger partial charge in [0.1, 0.15) is 17.1 Å². The molecule has 3 rings (SSSR count). The molecule has 4 nitrogen and oxygen atoms in total. The summed E-state index contributed by atoms with van der Waals surface area (Å²) >= 11 is 0. The first-order valence-corrected chi connectivity index (χ1v) is 8.43. The Labute approximate surface area is 143 Å². The van der Waals surface area contributed by atoms with Crippen molar-refractivity contribution in [2.75, 3.05) is 19.6 Å². The molecule has 0 amide bonds. The maximum absolute atomic E-state index is 12.5. The number of rotatable bonds is 6. The predicted molar refractivity (Wildman–Crippen MR) is 86.1 cm³/mol. The maximum Gasteiger partial charge on any atom is 0.141 e. The van der Waals surface area contributed by atoms with Gasteiger partial charge in [0.05, 0.1) is 26.1 Å². The zero-order chi connectivity index (χ0) is 15.5. The second-order valence-electron chi connectivity index (χ2n) is 6.24. The molecule has 1 unspecified atom stereocenters. The van der Waals surface area contributed by atoms with Crippen LogP contribution in [0.3, 0.4) is 0 Å². The molecule has 1 aliphatic rings. The highest BCUT2D eigenvalue weighted by atomic mass is 35.5. The number of carbonyl (C=O) groups is 1. The van der Waals surface area contributed by atoms with Crippen LogP contribution in [0.25, 0.3) is 11.0 Å². The van der Waals surface area contributed by atoms with Crippen LogP contribution in [-0.4, -0.2) is 30.4 Å². The van der Waals surface area contributed by atoms with E-state index in [9.17, 15) is 4.79 Å². The number of pyridine rings is 1. The summed E-state index contributed by atoms with van der Waals surface area (Å²) in [6, 6.07) is 1.91. The van der Waals surface area contributed by atoms with Crippen LogP contribution in [0.1, 0.15) is 38.0 Å². The van der Waals surface area contributed by atoms with Gasteiger partial charge in [-0.15, -0.1) is 0 Å². The Hall–Kier alpha value is -1.39. The third-order valence-corrected chi connectivity index (χ3v) is 5.03. The predicted octanol–water partition coefficient (Wildman–Crippen LogP) is -1.18. The highest BCUT2D eigenvalue weighted by molar-refractivity contribution is 5.85. The summed E-state index contributed by atoms with van der Waals surface area (Å²) in [6.07, 6.45) is 6.94. The average molecular weight is 337 g/mol. The molecule has 1 aliphatic carbocycles. The number of halogens is 1. The molecule has 5 heteroatoms. The first-order valence-electron chi connectivity index (χ1n) is 8.43. The number of ketones is 1. The van der Waals surface area contributed by atoms with Crippen molar-refractivity contribution in [1.82, 2.24) is 4.98 Å². The van der Waals surface area contributed by atoms with E-state index in [2.05, 4.69) is 18.8 Å². The molecule has 1 N–H and O–H groups in total. The minimum absolute atomic E-state index is 0. The minimum Gasteiger partial charge on any atom is -1.00 e. The molecule has 2 heterocycles. The summed E-state index contributed by atoms with van der Waals surface area (Å²) in [4.78, 5) is 18.2. The number of aromatic nitrogens is 1. The fraction of sp³-hybridized carbons (Fsp3) is 0.556. The van der Waals surface area contributed by atoms with Crippen molar-refractivity contribution >= 4 is 16.8 Å². The van der Waals surface area contributed by atoms with Gasteiger partial charge < -0.3 is 21.7 Å². The summed E-state index contributed by atoms with van der Waals surface area (Å²) in [5.74, 6) is 1.63. The van der Waals surface area contributed by atoms with Gasteiger partial charge in [0.2, 0.25) is 0 Å². The summed E-state index contributed by atoms with van der Waals surface area (Å²) < 4.78 is 5.90. The Morgan fingerprint density at radius 1 is 1.39 bits per heavy atom. The molecule has 23 heavy (non-hydrogen) atoms. The van der Waals surface area contributed by atoms with E-state index in [0.717, 1.165) is 55.6 Å². The van der Waals surface area contributed by atoms with E-state index in [-0.39, 0.29) is 18.3 Å². The lowest BCUT2D eigenvalue weighted by atomic mass is 9.83. The third-order valence-electron chi connectivity index (χ3n) is 5.03. The molecule has 2 aromatic rings. The van der Waals surface area contributed by atoms with Crippen LogP contribution >= 0.6 is 0 Å². The van der Waals surface area contributed by atoms with Crippen molar-refractivity contribution in [3.8, 4) is 0 Å². The quantitative estimate of drug-likeness (QED) is 0.722. The van der Waals surface area contributed by atoms with E-state index in [1.165, 1.54) is 10.5 Å². The molecule has 0 bridgehead atoms. The number of furan rings is 1. The number of hydrogen-bond acceptors (Lipinski definition) is 3. The molecule has 0 radical (unpaired) electrons. The smallest absolute Gasteiger partial charge is 0.141 e. The molecule has 0 aliphatic heterocycles. The summed E-state index contributed by atoms with van der Waals surface area (Å²) in [5, 5.41) is 1.09. The summed E-state index contributed by atoms with van der Waals surface area (Å²) in [6.45, 7) is 7.51. The Kier molecular flexibility index (Phi) is 6.19. The first-order chi connectivity index (χ1) is 10.7. The zero-order valence-corrected chi connectivity index (χ0v) is 14.7. The topological polar surface area (TPSA) is 47.5 Å². The number of quaternary nitrogens is 1. The number of Topliss-reactive ketones (excluding diaryl/α,β-unsaturated/α-hetero) is 1. The zero-order valence-electron chi connectivity index (χ0n) is 13.9. The van der Waals surface area contributed by atoms with Crippen LogP contribution in [0.15, 0.2) is 22.9 Å². The molecule has 0 saturated carbocycles. The Bertz CT molecular complexity index is 664. The molecule has 0 aromatic carbocycles. The number of nitrogens with zero attached hydrogens (tertiary/aromatic N) is 1. The molecule has 2 aromatic heterocycles. The molecule has 0 spiro atoms. The van der Waals surface area contributed by atoms with E-state index in [0.29, 0.717) is 12.2 Å². The molecular weight excluding hydrogens is 312 g/mol. The van der Waals surface area contributed by atoms with Crippen LogP contribution in [0.5, 0.6) is 0 Å². The number of aryl methyl sites for hydroxylation is 1. The highest BCUT2D eigenvalue weighted by Gasteiger charge is 2.28. The highest BCUT2D eigenvalue weighted by Crippen LogP contribution is 2.34. The second-order valence-corrected chi connectivity index (χ2v) is 6.24. The van der Waals surface area contributed by atoms with Gasteiger partial charge in [0, 0.05) is 35.7 Å². The van der Waals surface area contributed by atoms with Crippen molar-refractivity contribution in [2.45, 2.75) is 39.5 Å². The standard InChI is InChI=1S/C18H24N2O2.ClH/c1-3-20(4-2)10-8-16(21)13-5-6-17-14(11-13)15-12-19-9-7-18(15)22-17;/h7,9,12-13H,3-6,8,10-11H2,1-2H3;1H. The van der Waals surface area contributed by atoms with Gasteiger partial charge in [-0.25, -0.2) is 0 Å². The van der Waals surface area contributed by atoms with Gasteiger partial charge in [-0.3, -0.25) is 9.78 Å². The van der Waals surface area contributed by atoms with Gasteiger partial charge in [-0.05, 0) is 32.8 Å². The van der Waals surface area contributed by atoms with Crippen molar-refractivity contribution in [2.24, 2.45) is 5.92 Å². The van der Waals surface area contributed by atoms with Crippen molar-refractivity contribution in [3.63, 3.8) is 0 Å². The average Bonchev–Trinajstić information content (AvgIpc) is 2.93. The van der Waals surface area contributed by atoms with E-state index >= 15 is 0 Å². The molecule has 1 atom stereocenters. The lowest BCUT2D eigenvalue weighted by Gasteiger charge is -2.21. The van der Waals surface area contributed by atoms with Crippen molar-refractivity contribution < 1.29 is 26.5 Å². The van der Waals surface area contributed by atoms with E-state index < -0.39 is 0 Å². The van der Waals surface area contributed by atoms with E-state index in [1.807, 2.05) is 12.3 Å². The fourth-order valence-corrected chi connectivity index (χ4v) is 3.50. The number of hydrogen-bond donors (Lipinski definition) is 1. The SMILES string of the molecule is CC[NH+](CC)CCC(=O)C1CCc2oc3ccncc3c2C1.[Cl-]. The molecule has 0 saturated heterocycles. The van der Waals surface area contributed by atoms with Crippen LogP contribution in [-0.2, 0) is 17.6 Å². The summed E-state index contributed by atoms with van der Waals surface area (Å²) in [5.41, 5.74) is 2.11. The molecular formula is C18H25ClN2O2. The van der Waals surface area contributed by atoms with Crippen LogP contribution in [0, 0.1) is 5.92 Å².